The van der Waals surface area contributed by atoms with Gasteiger partial charge in [-0.2, -0.15) is 5.10 Å². The minimum atomic E-state index is -0.172. The lowest BCUT2D eigenvalue weighted by Crippen LogP contribution is -2.41. The van der Waals surface area contributed by atoms with Crippen LogP contribution < -0.4 is 0 Å². The molecule has 0 unspecified atom stereocenters. The maximum Gasteiger partial charge on any atom is 0.274 e. The Morgan fingerprint density at radius 2 is 2.04 bits per heavy atom. The normalized spacial score (nSPS) is 19.7. The molecule has 26 heavy (non-hydrogen) atoms. The van der Waals surface area contributed by atoms with Gasteiger partial charge in [0.15, 0.2) is 11.5 Å². The van der Waals surface area contributed by atoms with E-state index < -0.39 is 0 Å². The fraction of sp³-hybridized carbons (Fsp3) is 0.588. The number of rotatable bonds is 2. The molecule has 0 aromatic carbocycles. The highest BCUT2D eigenvalue weighted by Crippen LogP contribution is 2.26. The van der Waals surface area contributed by atoms with E-state index in [4.69, 9.17) is 0 Å². The van der Waals surface area contributed by atoms with Crippen LogP contribution in [0.3, 0.4) is 0 Å². The molecule has 9 nitrogen and oxygen atoms in total. The fourth-order valence-electron chi connectivity index (χ4n) is 3.68. The van der Waals surface area contributed by atoms with Crippen LogP contribution in [-0.4, -0.2) is 66.3 Å². The average Bonchev–Trinajstić information content (AvgIpc) is 3.22. The third-order valence-electron chi connectivity index (χ3n) is 5.07. The Balaban J connectivity index is 1.60. The molecule has 0 spiro atoms. The summed E-state index contributed by atoms with van der Waals surface area (Å²) >= 11 is 0. The molecule has 0 aliphatic carbocycles. The summed E-state index contributed by atoms with van der Waals surface area (Å²) in [7, 11) is 1.76. The molecule has 0 fully saturated rings. The summed E-state index contributed by atoms with van der Waals surface area (Å²) in [5.41, 5.74) is 0.783. The number of nitrogens with zero attached hydrogens (tertiary/aromatic N) is 7. The van der Waals surface area contributed by atoms with Gasteiger partial charge in [-0.15, -0.1) is 10.2 Å². The molecule has 1 atom stereocenters. The van der Waals surface area contributed by atoms with E-state index in [2.05, 4.69) is 40.6 Å². The summed E-state index contributed by atoms with van der Waals surface area (Å²) in [6, 6.07) is 1.70. The largest absolute Gasteiger partial charge is 0.339 e. The van der Waals surface area contributed by atoms with Crippen LogP contribution >= 0.6 is 0 Å². The SMILES string of the molecule is CC(C)c1nnc2n1[C@@H](C)CN(C(=O)c1cc3n(n1)CCN(C)C3=O)C2. The first-order valence-electron chi connectivity index (χ1n) is 8.93. The minimum absolute atomic E-state index is 0.0973. The van der Waals surface area contributed by atoms with Gasteiger partial charge in [0.25, 0.3) is 11.8 Å². The second-order valence-corrected chi connectivity index (χ2v) is 7.40. The van der Waals surface area contributed by atoms with E-state index in [1.807, 2.05) is 0 Å². The molecule has 0 N–H and O–H groups in total. The van der Waals surface area contributed by atoms with Crippen molar-refractivity contribution in [2.24, 2.45) is 0 Å². The predicted molar refractivity (Wildman–Crippen MR) is 92.8 cm³/mol. The Kier molecular flexibility index (Phi) is 3.82. The van der Waals surface area contributed by atoms with Crippen LogP contribution in [0.1, 0.15) is 65.4 Å². The molecule has 4 rings (SSSR count). The van der Waals surface area contributed by atoms with Crippen LogP contribution in [0.25, 0.3) is 0 Å². The maximum absolute atomic E-state index is 13.0. The molecule has 0 bridgehead atoms. The molecule has 2 amide bonds. The summed E-state index contributed by atoms with van der Waals surface area (Å²) in [5, 5.41) is 12.9. The third-order valence-corrected chi connectivity index (χ3v) is 5.07. The quantitative estimate of drug-likeness (QED) is 0.797. The molecule has 2 aliphatic heterocycles. The Morgan fingerprint density at radius 1 is 1.27 bits per heavy atom. The number of hydrogen-bond acceptors (Lipinski definition) is 5. The van der Waals surface area contributed by atoms with E-state index in [0.717, 1.165) is 11.6 Å². The number of fused-ring (bicyclic) bond motifs is 2. The van der Waals surface area contributed by atoms with Crippen LogP contribution in [0.2, 0.25) is 0 Å². The highest BCUT2D eigenvalue weighted by molar-refractivity contribution is 5.98. The van der Waals surface area contributed by atoms with Gasteiger partial charge in [0.05, 0.1) is 19.1 Å². The van der Waals surface area contributed by atoms with Crippen molar-refractivity contribution in [3.8, 4) is 0 Å². The van der Waals surface area contributed by atoms with Crippen molar-refractivity contribution < 1.29 is 9.59 Å². The highest BCUT2D eigenvalue weighted by atomic mass is 16.2. The van der Waals surface area contributed by atoms with Crippen molar-refractivity contribution in [2.75, 3.05) is 20.1 Å². The molecule has 138 valence electrons. The number of hydrogen-bond donors (Lipinski definition) is 0. The van der Waals surface area contributed by atoms with Gasteiger partial charge in [0.2, 0.25) is 0 Å². The van der Waals surface area contributed by atoms with E-state index in [0.29, 0.717) is 37.6 Å². The van der Waals surface area contributed by atoms with E-state index in [1.54, 1.807) is 27.6 Å². The standard InChI is InChI=1S/C17H23N7O2/c1-10(2)15-19-18-14-9-22(8-11(3)24(14)15)16(25)12-7-13-17(26)21(4)5-6-23(13)20-12/h7,10-11H,5-6,8-9H2,1-4H3/t11-/m0/s1. The predicted octanol–water partition coefficient (Wildman–Crippen LogP) is 0.901. The Bertz CT molecular complexity index is 882. The molecule has 0 saturated carbocycles. The van der Waals surface area contributed by atoms with Gasteiger partial charge in [-0.05, 0) is 6.92 Å². The molecular formula is C17H23N7O2. The average molecular weight is 357 g/mol. The summed E-state index contributed by atoms with van der Waals surface area (Å²) in [6.07, 6.45) is 0. The van der Waals surface area contributed by atoms with Crippen molar-refractivity contribution in [2.45, 2.75) is 45.8 Å². The van der Waals surface area contributed by atoms with Crippen molar-refractivity contribution in [3.05, 3.63) is 29.1 Å². The van der Waals surface area contributed by atoms with E-state index >= 15 is 0 Å². The zero-order valence-electron chi connectivity index (χ0n) is 15.5. The first-order chi connectivity index (χ1) is 12.4. The van der Waals surface area contributed by atoms with E-state index in [-0.39, 0.29) is 23.8 Å². The number of carbonyl (C=O) groups is 2. The Morgan fingerprint density at radius 3 is 2.77 bits per heavy atom. The number of likely N-dealkylation sites (N-methyl/N-ethyl adjacent to an activating group) is 1. The first-order valence-corrected chi connectivity index (χ1v) is 8.93. The molecule has 2 aromatic heterocycles. The molecule has 2 aliphatic rings. The molecule has 0 saturated heterocycles. The Hall–Kier alpha value is -2.71. The lowest BCUT2D eigenvalue weighted by Gasteiger charge is -2.32. The zero-order chi connectivity index (χ0) is 18.6. The number of amides is 2. The Labute approximate surface area is 151 Å². The number of aromatic nitrogens is 5. The number of carbonyl (C=O) groups excluding carboxylic acids is 2. The highest BCUT2D eigenvalue weighted by Gasteiger charge is 2.33. The molecule has 0 radical (unpaired) electrons. The second-order valence-electron chi connectivity index (χ2n) is 7.40. The van der Waals surface area contributed by atoms with Crippen molar-refractivity contribution >= 4 is 11.8 Å². The van der Waals surface area contributed by atoms with Gasteiger partial charge in [-0.25, -0.2) is 0 Å². The van der Waals surface area contributed by atoms with E-state index in [1.165, 1.54) is 0 Å². The molecular weight excluding hydrogens is 334 g/mol. The van der Waals surface area contributed by atoms with Gasteiger partial charge >= 0.3 is 0 Å². The molecule has 4 heterocycles. The third kappa shape index (κ3) is 2.49. The van der Waals surface area contributed by atoms with Gasteiger partial charge in [0.1, 0.15) is 11.5 Å². The second kappa shape index (κ2) is 5.93. The summed E-state index contributed by atoms with van der Waals surface area (Å²) < 4.78 is 3.76. The minimum Gasteiger partial charge on any atom is -0.339 e. The van der Waals surface area contributed by atoms with Crippen LogP contribution in [0.4, 0.5) is 0 Å². The summed E-state index contributed by atoms with van der Waals surface area (Å²) in [4.78, 5) is 28.6. The monoisotopic (exact) mass is 357 g/mol. The van der Waals surface area contributed by atoms with Crippen molar-refractivity contribution in [1.82, 2.24) is 34.3 Å². The van der Waals surface area contributed by atoms with Crippen molar-refractivity contribution in [1.29, 1.82) is 0 Å². The summed E-state index contributed by atoms with van der Waals surface area (Å²) in [5.74, 6) is 1.75. The van der Waals surface area contributed by atoms with Gasteiger partial charge in [0, 0.05) is 32.1 Å². The lowest BCUT2D eigenvalue weighted by atomic mass is 10.1. The molecule has 2 aromatic rings. The van der Waals surface area contributed by atoms with Crippen LogP contribution in [-0.2, 0) is 13.1 Å². The topological polar surface area (TPSA) is 89.2 Å². The van der Waals surface area contributed by atoms with Gasteiger partial charge < -0.3 is 14.4 Å². The fourth-order valence-corrected chi connectivity index (χ4v) is 3.68. The van der Waals surface area contributed by atoms with Crippen LogP contribution in [0.15, 0.2) is 6.07 Å². The van der Waals surface area contributed by atoms with Gasteiger partial charge in [-0.3, -0.25) is 14.3 Å². The van der Waals surface area contributed by atoms with E-state index in [9.17, 15) is 9.59 Å². The smallest absolute Gasteiger partial charge is 0.274 e. The summed E-state index contributed by atoms with van der Waals surface area (Å²) in [6.45, 7) is 8.42. The maximum atomic E-state index is 13.0. The zero-order valence-corrected chi connectivity index (χ0v) is 15.5. The molecule has 9 heteroatoms. The first kappa shape index (κ1) is 16.7. The van der Waals surface area contributed by atoms with Crippen LogP contribution in [0.5, 0.6) is 0 Å². The van der Waals surface area contributed by atoms with Crippen LogP contribution in [0, 0.1) is 0 Å². The van der Waals surface area contributed by atoms with Gasteiger partial charge in [-0.1, -0.05) is 13.8 Å². The van der Waals surface area contributed by atoms with Crippen molar-refractivity contribution in [3.63, 3.8) is 0 Å². The lowest BCUT2D eigenvalue weighted by molar-refractivity contribution is 0.0670.